The van der Waals surface area contributed by atoms with Gasteiger partial charge in [0.1, 0.15) is 11.2 Å². The molecular weight excluding hydrogens is 464 g/mol. The summed E-state index contributed by atoms with van der Waals surface area (Å²) in [6, 6.07) is 9.97. The molecule has 0 aromatic heterocycles. The van der Waals surface area contributed by atoms with E-state index in [4.69, 9.17) is 34.8 Å². The fourth-order valence-electron chi connectivity index (χ4n) is 2.79. The van der Waals surface area contributed by atoms with E-state index in [1.807, 2.05) is 12.1 Å². The van der Waals surface area contributed by atoms with Crippen LogP contribution in [-0.2, 0) is 4.79 Å². The fourth-order valence-corrected chi connectivity index (χ4v) is 5.56. The third-order valence-electron chi connectivity index (χ3n) is 4.14. The number of hydrogen-bond acceptors (Lipinski definition) is 5. The number of rotatable bonds is 2. The summed E-state index contributed by atoms with van der Waals surface area (Å²) >= 11 is 20.8. The van der Waals surface area contributed by atoms with Crippen LogP contribution >= 0.6 is 58.3 Å². The number of amidine groups is 1. The van der Waals surface area contributed by atoms with Crippen molar-refractivity contribution in [2.75, 3.05) is 11.5 Å². The Bertz CT molecular complexity index is 1010. The topological polar surface area (TPSA) is 45.0 Å². The van der Waals surface area contributed by atoms with E-state index in [2.05, 4.69) is 10.2 Å². The lowest BCUT2D eigenvalue weighted by Crippen LogP contribution is -2.34. The number of amides is 1. The minimum atomic E-state index is -0.572. The van der Waals surface area contributed by atoms with Crippen LogP contribution in [0.25, 0.3) is 0 Å². The van der Waals surface area contributed by atoms with Gasteiger partial charge in [0.15, 0.2) is 5.17 Å². The standard InChI is InChI=1S/C18H11Cl3FN3OS2/c19-10-3-1-9(2-4-10)17-25(16(26)8-27-17)18-24-23-15(7-28-18)11-5-14(22)13(21)6-12(11)20/h1-6,17H,7-8H2. The average molecular weight is 475 g/mol. The molecule has 1 amide bonds. The third-order valence-corrected chi connectivity index (χ3v) is 7.17. The van der Waals surface area contributed by atoms with Crippen LogP contribution in [0.3, 0.4) is 0 Å². The van der Waals surface area contributed by atoms with Crippen molar-refractivity contribution in [1.82, 2.24) is 4.90 Å². The zero-order valence-corrected chi connectivity index (χ0v) is 17.9. The lowest BCUT2D eigenvalue weighted by atomic mass is 10.1. The molecule has 2 aromatic rings. The van der Waals surface area contributed by atoms with Gasteiger partial charge in [-0.15, -0.1) is 16.9 Å². The first-order valence-electron chi connectivity index (χ1n) is 8.05. The van der Waals surface area contributed by atoms with Gasteiger partial charge in [0.25, 0.3) is 0 Å². The average Bonchev–Trinajstić information content (AvgIpc) is 3.07. The highest BCUT2D eigenvalue weighted by Crippen LogP contribution is 2.41. The first-order valence-corrected chi connectivity index (χ1v) is 11.2. The number of carbonyl (C=O) groups is 1. The molecule has 28 heavy (non-hydrogen) atoms. The molecule has 0 radical (unpaired) electrons. The molecule has 0 bridgehead atoms. The second kappa shape index (κ2) is 8.24. The maximum Gasteiger partial charge on any atom is 0.239 e. The van der Waals surface area contributed by atoms with Crippen molar-refractivity contribution < 1.29 is 9.18 Å². The van der Waals surface area contributed by atoms with Gasteiger partial charge in [-0.2, -0.15) is 5.10 Å². The van der Waals surface area contributed by atoms with Crippen LogP contribution in [0.1, 0.15) is 16.5 Å². The molecule has 2 heterocycles. The van der Waals surface area contributed by atoms with E-state index < -0.39 is 5.82 Å². The molecule has 144 valence electrons. The molecule has 0 spiro atoms. The molecule has 0 aliphatic carbocycles. The van der Waals surface area contributed by atoms with Crippen LogP contribution in [-0.4, -0.2) is 33.2 Å². The summed E-state index contributed by atoms with van der Waals surface area (Å²) in [6.07, 6.45) is 0. The smallest absolute Gasteiger partial charge is 0.239 e. The fraction of sp³-hybridized carbons (Fsp3) is 0.167. The van der Waals surface area contributed by atoms with Crippen LogP contribution in [0.5, 0.6) is 0 Å². The summed E-state index contributed by atoms with van der Waals surface area (Å²) in [6.45, 7) is 0. The van der Waals surface area contributed by atoms with Gasteiger partial charge < -0.3 is 0 Å². The number of halogens is 4. The van der Waals surface area contributed by atoms with Gasteiger partial charge in [-0.05, 0) is 29.8 Å². The molecule has 1 unspecified atom stereocenters. The van der Waals surface area contributed by atoms with Crippen molar-refractivity contribution in [3.8, 4) is 0 Å². The van der Waals surface area contributed by atoms with Gasteiger partial charge in [0.2, 0.25) is 5.91 Å². The molecule has 10 heteroatoms. The summed E-state index contributed by atoms with van der Waals surface area (Å²) in [5.41, 5.74) is 1.92. The summed E-state index contributed by atoms with van der Waals surface area (Å²) in [5, 5.41) is 9.63. The second-order valence-corrected chi connectivity index (χ2v) is 9.20. The van der Waals surface area contributed by atoms with Gasteiger partial charge >= 0.3 is 0 Å². The number of hydrogen-bond donors (Lipinski definition) is 0. The Kier molecular flexibility index (Phi) is 5.90. The van der Waals surface area contributed by atoms with Crippen LogP contribution in [0, 0.1) is 5.82 Å². The molecule has 2 aliphatic heterocycles. The summed E-state index contributed by atoms with van der Waals surface area (Å²) in [5.74, 6) is 0.155. The normalized spacial score (nSPS) is 19.6. The highest BCUT2D eigenvalue weighted by Gasteiger charge is 2.37. The van der Waals surface area contributed by atoms with Crippen LogP contribution in [0.4, 0.5) is 4.39 Å². The monoisotopic (exact) mass is 473 g/mol. The van der Waals surface area contributed by atoms with E-state index in [1.165, 1.54) is 35.7 Å². The van der Waals surface area contributed by atoms with Crippen LogP contribution in [0.15, 0.2) is 46.6 Å². The lowest BCUT2D eigenvalue weighted by Gasteiger charge is -2.26. The van der Waals surface area contributed by atoms with E-state index in [9.17, 15) is 9.18 Å². The molecule has 4 nitrogen and oxygen atoms in total. The van der Waals surface area contributed by atoms with Crippen LogP contribution in [0.2, 0.25) is 15.1 Å². The zero-order valence-electron chi connectivity index (χ0n) is 14.0. The molecule has 4 rings (SSSR count). The van der Waals surface area contributed by atoms with E-state index in [1.54, 1.807) is 17.0 Å². The molecule has 0 saturated carbocycles. The van der Waals surface area contributed by atoms with Crippen molar-refractivity contribution in [3.05, 3.63) is 68.4 Å². The minimum absolute atomic E-state index is 0.0366. The Morgan fingerprint density at radius 3 is 2.46 bits per heavy atom. The van der Waals surface area contributed by atoms with E-state index in [-0.39, 0.29) is 16.3 Å². The Hall–Kier alpha value is -1.25. The summed E-state index contributed by atoms with van der Waals surface area (Å²) in [4.78, 5) is 14.1. The van der Waals surface area contributed by atoms with Gasteiger partial charge in [-0.25, -0.2) is 4.39 Å². The quantitative estimate of drug-likeness (QED) is 0.512. The van der Waals surface area contributed by atoms with E-state index in [0.717, 1.165) is 5.56 Å². The predicted octanol–water partition coefficient (Wildman–Crippen LogP) is 5.87. The highest BCUT2D eigenvalue weighted by atomic mass is 35.5. The van der Waals surface area contributed by atoms with Gasteiger partial charge in [-0.3, -0.25) is 9.69 Å². The Morgan fingerprint density at radius 2 is 1.79 bits per heavy atom. The molecule has 2 aliphatic rings. The number of thioether (sulfide) groups is 2. The maximum absolute atomic E-state index is 13.8. The van der Waals surface area contributed by atoms with Gasteiger partial charge in [0.05, 0.1) is 21.5 Å². The minimum Gasteiger partial charge on any atom is -0.273 e. The largest absolute Gasteiger partial charge is 0.273 e. The van der Waals surface area contributed by atoms with Crippen molar-refractivity contribution in [2.45, 2.75) is 5.37 Å². The summed E-state index contributed by atoms with van der Waals surface area (Å²) < 4.78 is 13.8. The van der Waals surface area contributed by atoms with E-state index in [0.29, 0.717) is 38.0 Å². The predicted molar refractivity (Wildman–Crippen MR) is 116 cm³/mol. The van der Waals surface area contributed by atoms with Crippen molar-refractivity contribution in [2.24, 2.45) is 10.2 Å². The van der Waals surface area contributed by atoms with Crippen molar-refractivity contribution >= 4 is 75.1 Å². The Labute approximate surface area is 184 Å². The maximum atomic E-state index is 13.8. The first-order chi connectivity index (χ1) is 13.4. The summed E-state index contributed by atoms with van der Waals surface area (Å²) in [7, 11) is 0. The van der Waals surface area contributed by atoms with Crippen molar-refractivity contribution in [3.63, 3.8) is 0 Å². The Morgan fingerprint density at radius 1 is 1.04 bits per heavy atom. The Balaban J connectivity index is 1.63. The van der Waals surface area contributed by atoms with Crippen LogP contribution < -0.4 is 0 Å². The first kappa shape index (κ1) is 20.0. The SMILES string of the molecule is O=C1CSC(c2ccc(Cl)cc2)N1C1=NN=C(c2cc(F)c(Cl)cc2Cl)CS1. The molecule has 2 aromatic carbocycles. The number of benzene rings is 2. The molecule has 1 fully saturated rings. The molecular formula is C18H11Cl3FN3OS2. The van der Waals surface area contributed by atoms with Crippen molar-refractivity contribution in [1.29, 1.82) is 0 Å². The van der Waals surface area contributed by atoms with Gasteiger partial charge in [0, 0.05) is 16.3 Å². The third kappa shape index (κ3) is 3.91. The highest BCUT2D eigenvalue weighted by molar-refractivity contribution is 8.14. The number of carbonyl (C=O) groups excluding carboxylic acids is 1. The zero-order chi connectivity index (χ0) is 19.8. The molecule has 0 N–H and O–H groups in total. The van der Waals surface area contributed by atoms with E-state index >= 15 is 0 Å². The molecule has 1 atom stereocenters. The lowest BCUT2D eigenvalue weighted by molar-refractivity contribution is -0.124. The van der Waals surface area contributed by atoms with Gasteiger partial charge in [-0.1, -0.05) is 58.7 Å². The second-order valence-electron chi connectivity index (χ2n) is 5.94. The number of nitrogens with zero attached hydrogens (tertiary/aromatic N) is 3. The molecule has 1 saturated heterocycles.